The smallest absolute Gasteiger partial charge is 0.126 e. The van der Waals surface area contributed by atoms with Gasteiger partial charge in [-0.1, -0.05) is 127 Å². The van der Waals surface area contributed by atoms with E-state index in [-0.39, 0.29) is 0 Å². The third kappa shape index (κ3) is 3.82. The maximum absolute atomic E-state index is 5.76. The fourth-order valence-electron chi connectivity index (χ4n) is 7.40. The molecule has 2 nitrogen and oxygen atoms in total. The number of methoxy groups -OCH3 is 1. The van der Waals surface area contributed by atoms with Gasteiger partial charge in [-0.25, -0.2) is 0 Å². The van der Waals surface area contributed by atoms with Gasteiger partial charge in [0.25, 0.3) is 0 Å². The van der Waals surface area contributed by atoms with Gasteiger partial charge in [-0.2, -0.15) is 0 Å². The van der Waals surface area contributed by atoms with E-state index in [2.05, 4.69) is 162 Å². The zero-order chi connectivity index (χ0) is 29.9. The summed E-state index contributed by atoms with van der Waals surface area (Å²) in [6, 6.07) is 57.1. The SMILES string of the molecule is COc1ccc(-c2c3ccccc3c(-c3cccc(-n4c5ccccc5c5ccccc54)c3)c3ccccc23)c2ccccc12. The first kappa shape index (κ1) is 25.6. The van der Waals surface area contributed by atoms with Gasteiger partial charge in [0.05, 0.1) is 18.1 Å². The Morgan fingerprint density at radius 3 is 1.47 bits per heavy atom. The maximum atomic E-state index is 5.76. The quantitative estimate of drug-likeness (QED) is 0.190. The molecular formula is C43H29NO. The number of hydrogen-bond donors (Lipinski definition) is 0. The van der Waals surface area contributed by atoms with E-state index >= 15 is 0 Å². The van der Waals surface area contributed by atoms with Crippen LogP contribution in [0.3, 0.4) is 0 Å². The average Bonchev–Trinajstić information content (AvgIpc) is 3.45. The van der Waals surface area contributed by atoms with Crippen LogP contribution in [0.5, 0.6) is 5.75 Å². The van der Waals surface area contributed by atoms with E-state index in [9.17, 15) is 0 Å². The van der Waals surface area contributed by atoms with E-state index < -0.39 is 0 Å². The summed E-state index contributed by atoms with van der Waals surface area (Å²) < 4.78 is 8.16. The Balaban J connectivity index is 1.36. The highest BCUT2D eigenvalue weighted by molar-refractivity contribution is 6.24. The first-order valence-corrected chi connectivity index (χ1v) is 15.4. The zero-order valence-electron chi connectivity index (χ0n) is 24.9. The van der Waals surface area contributed by atoms with Gasteiger partial charge in [-0.3, -0.25) is 0 Å². The molecule has 2 heteroatoms. The van der Waals surface area contributed by atoms with Gasteiger partial charge in [0.1, 0.15) is 5.75 Å². The molecule has 0 saturated heterocycles. The van der Waals surface area contributed by atoms with Crippen LogP contribution in [-0.2, 0) is 0 Å². The number of rotatable bonds is 4. The van der Waals surface area contributed by atoms with E-state index in [1.165, 1.54) is 71.0 Å². The minimum absolute atomic E-state index is 0.890. The first-order valence-electron chi connectivity index (χ1n) is 15.4. The molecule has 0 atom stereocenters. The largest absolute Gasteiger partial charge is 0.496 e. The summed E-state index contributed by atoms with van der Waals surface area (Å²) >= 11 is 0. The molecule has 0 spiro atoms. The van der Waals surface area contributed by atoms with Crippen molar-refractivity contribution in [3.63, 3.8) is 0 Å². The molecule has 9 rings (SSSR count). The van der Waals surface area contributed by atoms with Gasteiger partial charge in [0.2, 0.25) is 0 Å². The van der Waals surface area contributed by atoms with Gasteiger partial charge in [0, 0.05) is 21.8 Å². The summed E-state index contributed by atoms with van der Waals surface area (Å²) in [4.78, 5) is 0. The van der Waals surface area contributed by atoms with E-state index in [4.69, 9.17) is 4.74 Å². The molecule has 0 aliphatic rings. The lowest BCUT2D eigenvalue weighted by Gasteiger charge is -2.20. The van der Waals surface area contributed by atoms with E-state index in [1.807, 2.05) is 0 Å². The molecule has 9 aromatic rings. The average molecular weight is 576 g/mol. The van der Waals surface area contributed by atoms with Crippen LogP contribution in [0.2, 0.25) is 0 Å². The number of para-hydroxylation sites is 2. The van der Waals surface area contributed by atoms with Crippen molar-refractivity contribution in [1.29, 1.82) is 0 Å². The van der Waals surface area contributed by atoms with Crippen LogP contribution in [0, 0.1) is 0 Å². The Kier molecular flexibility index (Phi) is 5.76. The molecule has 0 saturated carbocycles. The summed E-state index contributed by atoms with van der Waals surface area (Å²) in [6.45, 7) is 0. The van der Waals surface area contributed by atoms with Crippen LogP contribution < -0.4 is 4.74 Å². The minimum Gasteiger partial charge on any atom is -0.496 e. The van der Waals surface area contributed by atoms with Gasteiger partial charge in [-0.05, 0) is 79.5 Å². The third-order valence-electron chi connectivity index (χ3n) is 9.28. The van der Waals surface area contributed by atoms with Crippen LogP contribution in [0.15, 0.2) is 158 Å². The van der Waals surface area contributed by atoms with Crippen molar-refractivity contribution < 1.29 is 4.74 Å². The molecule has 0 aliphatic heterocycles. The Labute approximate surface area is 261 Å². The highest BCUT2D eigenvalue weighted by atomic mass is 16.5. The molecule has 0 aliphatic carbocycles. The molecule has 212 valence electrons. The second-order valence-electron chi connectivity index (χ2n) is 11.6. The molecule has 0 bridgehead atoms. The van der Waals surface area contributed by atoms with Crippen LogP contribution in [-0.4, -0.2) is 11.7 Å². The summed E-state index contributed by atoms with van der Waals surface area (Å²) in [6.07, 6.45) is 0. The highest BCUT2D eigenvalue weighted by Gasteiger charge is 2.19. The molecule has 0 fully saturated rings. The molecule has 0 unspecified atom stereocenters. The minimum atomic E-state index is 0.890. The predicted molar refractivity (Wildman–Crippen MR) is 191 cm³/mol. The number of ether oxygens (including phenoxy) is 1. The molecule has 0 N–H and O–H groups in total. The Morgan fingerprint density at radius 1 is 0.400 bits per heavy atom. The van der Waals surface area contributed by atoms with Crippen LogP contribution in [0.1, 0.15) is 0 Å². The topological polar surface area (TPSA) is 14.2 Å². The van der Waals surface area contributed by atoms with Crippen molar-refractivity contribution in [1.82, 2.24) is 4.57 Å². The van der Waals surface area contributed by atoms with Crippen LogP contribution >= 0.6 is 0 Å². The van der Waals surface area contributed by atoms with Crippen molar-refractivity contribution in [2.75, 3.05) is 7.11 Å². The lowest BCUT2D eigenvalue weighted by Crippen LogP contribution is -1.95. The van der Waals surface area contributed by atoms with Crippen molar-refractivity contribution >= 4 is 54.1 Å². The molecular weight excluding hydrogens is 546 g/mol. The number of hydrogen-bond acceptors (Lipinski definition) is 1. The second kappa shape index (κ2) is 10.1. The van der Waals surface area contributed by atoms with E-state index in [0.29, 0.717) is 0 Å². The summed E-state index contributed by atoms with van der Waals surface area (Å²) in [7, 11) is 1.74. The highest BCUT2D eigenvalue weighted by Crippen LogP contribution is 2.46. The normalized spacial score (nSPS) is 11.7. The summed E-state index contributed by atoms with van der Waals surface area (Å²) in [5.74, 6) is 0.890. The number of benzene rings is 8. The van der Waals surface area contributed by atoms with Crippen LogP contribution in [0.25, 0.3) is 82.1 Å². The number of nitrogens with zero attached hydrogens (tertiary/aromatic N) is 1. The lowest BCUT2D eigenvalue weighted by molar-refractivity contribution is 0.420. The van der Waals surface area contributed by atoms with Crippen molar-refractivity contribution in [3.8, 4) is 33.7 Å². The predicted octanol–water partition coefficient (Wildman–Crippen LogP) is 11.6. The fraction of sp³-hybridized carbons (Fsp3) is 0.0233. The summed E-state index contributed by atoms with van der Waals surface area (Å²) in [5, 5.41) is 9.81. The zero-order valence-corrected chi connectivity index (χ0v) is 24.9. The lowest BCUT2D eigenvalue weighted by atomic mass is 9.84. The van der Waals surface area contributed by atoms with Gasteiger partial charge >= 0.3 is 0 Å². The van der Waals surface area contributed by atoms with E-state index in [0.717, 1.165) is 16.8 Å². The summed E-state index contributed by atoms with van der Waals surface area (Å²) in [5.41, 5.74) is 8.51. The molecule has 8 aromatic carbocycles. The Morgan fingerprint density at radius 2 is 0.889 bits per heavy atom. The van der Waals surface area contributed by atoms with Crippen molar-refractivity contribution in [3.05, 3.63) is 158 Å². The molecule has 1 heterocycles. The first-order chi connectivity index (χ1) is 22.3. The Bertz CT molecular complexity index is 2480. The molecule has 0 amide bonds. The second-order valence-corrected chi connectivity index (χ2v) is 11.6. The van der Waals surface area contributed by atoms with Crippen molar-refractivity contribution in [2.24, 2.45) is 0 Å². The molecule has 1 aromatic heterocycles. The maximum Gasteiger partial charge on any atom is 0.126 e. The van der Waals surface area contributed by atoms with Crippen LogP contribution in [0.4, 0.5) is 0 Å². The van der Waals surface area contributed by atoms with Gasteiger partial charge in [-0.15, -0.1) is 0 Å². The van der Waals surface area contributed by atoms with Crippen molar-refractivity contribution in [2.45, 2.75) is 0 Å². The van der Waals surface area contributed by atoms with E-state index in [1.54, 1.807) is 7.11 Å². The molecule has 0 radical (unpaired) electrons. The number of fused-ring (bicyclic) bond motifs is 6. The van der Waals surface area contributed by atoms with Gasteiger partial charge < -0.3 is 9.30 Å². The standard InChI is InChI=1S/C43H29NO/c1-45-41-26-25-38(30-15-2-3-18-33(30)41)43-36-21-6-4-19-34(36)42(35-20-5-7-22-37(35)43)28-13-12-14-29(27-28)44-39-23-10-8-16-31(39)32-17-9-11-24-40(32)44/h2-27H,1H3. The van der Waals surface area contributed by atoms with Gasteiger partial charge in [0.15, 0.2) is 0 Å². The monoisotopic (exact) mass is 575 g/mol. The fourth-order valence-corrected chi connectivity index (χ4v) is 7.40. The third-order valence-corrected chi connectivity index (χ3v) is 9.28. The molecule has 45 heavy (non-hydrogen) atoms. The number of aromatic nitrogens is 1. The Hall–Kier alpha value is -5.86.